The number of benzene rings is 1. The van der Waals surface area contributed by atoms with E-state index in [1.807, 2.05) is 0 Å². The minimum atomic E-state index is -0.415. The van der Waals surface area contributed by atoms with Crippen molar-refractivity contribution in [2.24, 2.45) is 0 Å². The molecular formula is C16H21NO5. The molecule has 0 aromatic heterocycles. The maximum Gasteiger partial charge on any atom is 0.312 e. The van der Waals surface area contributed by atoms with E-state index in [4.69, 9.17) is 9.47 Å². The fraction of sp³-hybridized carbons (Fsp3) is 0.438. The lowest BCUT2D eigenvalue weighted by atomic mass is 10.2. The summed E-state index contributed by atoms with van der Waals surface area (Å²) in [5.74, 6) is -0.359. The Morgan fingerprint density at radius 2 is 1.68 bits per heavy atom. The molecule has 0 bridgehead atoms. The second kappa shape index (κ2) is 9.55. The molecule has 0 aliphatic rings. The molecule has 1 N–H and O–H groups in total. The number of nitrogens with one attached hydrogen (secondary N) is 1. The average Bonchev–Trinajstić information content (AvgIpc) is 2.53. The summed E-state index contributed by atoms with van der Waals surface area (Å²) in [4.78, 5) is 33.6. The SMILES string of the molecule is CCC(=O)NCCC(=O)Oc1ccc(COC(=O)CC)cc1. The van der Waals surface area contributed by atoms with Crippen molar-refractivity contribution in [2.75, 3.05) is 6.54 Å². The van der Waals surface area contributed by atoms with E-state index in [2.05, 4.69) is 5.32 Å². The molecule has 0 radical (unpaired) electrons. The monoisotopic (exact) mass is 307 g/mol. The van der Waals surface area contributed by atoms with Gasteiger partial charge in [0.05, 0.1) is 6.42 Å². The van der Waals surface area contributed by atoms with Crippen LogP contribution in [0.3, 0.4) is 0 Å². The predicted molar refractivity (Wildman–Crippen MR) is 80.1 cm³/mol. The first-order valence-corrected chi connectivity index (χ1v) is 7.27. The summed E-state index contributed by atoms with van der Waals surface area (Å²) >= 11 is 0. The topological polar surface area (TPSA) is 81.7 Å². The number of hydrogen-bond acceptors (Lipinski definition) is 5. The lowest BCUT2D eigenvalue weighted by molar-refractivity contribution is -0.144. The maximum atomic E-state index is 11.6. The van der Waals surface area contributed by atoms with Gasteiger partial charge in [0.2, 0.25) is 5.91 Å². The van der Waals surface area contributed by atoms with Gasteiger partial charge in [-0.1, -0.05) is 26.0 Å². The van der Waals surface area contributed by atoms with Gasteiger partial charge in [0.25, 0.3) is 0 Å². The molecule has 120 valence electrons. The first-order valence-electron chi connectivity index (χ1n) is 7.27. The van der Waals surface area contributed by atoms with Gasteiger partial charge >= 0.3 is 11.9 Å². The van der Waals surface area contributed by atoms with Crippen molar-refractivity contribution in [2.45, 2.75) is 39.7 Å². The van der Waals surface area contributed by atoms with Gasteiger partial charge in [0.15, 0.2) is 0 Å². The fourth-order valence-electron chi connectivity index (χ4n) is 1.53. The van der Waals surface area contributed by atoms with Crippen LogP contribution in [0.2, 0.25) is 0 Å². The Morgan fingerprint density at radius 3 is 2.27 bits per heavy atom. The number of amides is 1. The van der Waals surface area contributed by atoms with Crippen LogP contribution in [0.4, 0.5) is 0 Å². The van der Waals surface area contributed by atoms with Crippen molar-refractivity contribution in [3.8, 4) is 5.75 Å². The molecule has 1 aromatic rings. The van der Waals surface area contributed by atoms with Crippen LogP contribution in [-0.2, 0) is 25.7 Å². The smallest absolute Gasteiger partial charge is 0.312 e. The van der Waals surface area contributed by atoms with Gasteiger partial charge in [-0.15, -0.1) is 0 Å². The summed E-state index contributed by atoms with van der Waals surface area (Å²) in [6.45, 7) is 3.93. The Hall–Kier alpha value is -2.37. The second-order valence-corrected chi connectivity index (χ2v) is 4.59. The molecule has 0 spiro atoms. The highest BCUT2D eigenvalue weighted by molar-refractivity contribution is 5.77. The van der Waals surface area contributed by atoms with E-state index in [1.54, 1.807) is 38.1 Å². The quantitative estimate of drug-likeness (QED) is 0.586. The van der Waals surface area contributed by atoms with Gasteiger partial charge in [-0.3, -0.25) is 14.4 Å². The molecule has 0 fully saturated rings. The Labute approximate surface area is 129 Å². The van der Waals surface area contributed by atoms with Crippen LogP contribution < -0.4 is 10.1 Å². The lowest BCUT2D eigenvalue weighted by Crippen LogP contribution is -2.26. The van der Waals surface area contributed by atoms with Gasteiger partial charge in [-0.05, 0) is 17.7 Å². The van der Waals surface area contributed by atoms with Crippen molar-refractivity contribution < 1.29 is 23.9 Å². The van der Waals surface area contributed by atoms with Crippen LogP contribution >= 0.6 is 0 Å². The number of esters is 2. The Morgan fingerprint density at radius 1 is 1.00 bits per heavy atom. The predicted octanol–water partition coefficient (Wildman–Crippen LogP) is 1.96. The molecule has 0 saturated heterocycles. The van der Waals surface area contributed by atoms with E-state index in [9.17, 15) is 14.4 Å². The molecule has 22 heavy (non-hydrogen) atoms. The van der Waals surface area contributed by atoms with Crippen LogP contribution in [0, 0.1) is 0 Å². The van der Waals surface area contributed by atoms with Gasteiger partial charge in [-0.25, -0.2) is 0 Å². The highest BCUT2D eigenvalue weighted by Gasteiger charge is 2.06. The first-order chi connectivity index (χ1) is 10.5. The Kier molecular flexibility index (Phi) is 7.67. The van der Waals surface area contributed by atoms with Crippen LogP contribution in [0.5, 0.6) is 5.75 Å². The minimum absolute atomic E-state index is 0.0984. The van der Waals surface area contributed by atoms with Crippen molar-refractivity contribution in [1.82, 2.24) is 5.32 Å². The zero-order valence-corrected chi connectivity index (χ0v) is 12.9. The van der Waals surface area contributed by atoms with Crippen molar-refractivity contribution in [3.63, 3.8) is 0 Å². The molecule has 6 heteroatoms. The average molecular weight is 307 g/mol. The Bertz CT molecular complexity index is 510. The van der Waals surface area contributed by atoms with Gasteiger partial charge in [0, 0.05) is 19.4 Å². The summed E-state index contributed by atoms with van der Waals surface area (Å²) < 4.78 is 10.1. The van der Waals surface area contributed by atoms with E-state index in [-0.39, 0.29) is 31.4 Å². The zero-order valence-electron chi connectivity index (χ0n) is 12.9. The van der Waals surface area contributed by atoms with Crippen LogP contribution in [-0.4, -0.2) is 24.4 Å². The second-order valence-electron chi connectivity index (χ2n) is 4.59. The lowest BCUT2D eigenvalue weighted by Gasteiger charge is -2.07. The molecule has 0 aliphatic carbocycles. The van der Waals surface area contributed by atoms with Gasteiger partial charge in [0.1, 0.15) is 12.4 Å². The minimum Gasteiger partial charge on any atom is -0.461 e. The van der Waals surface area contributed by atoms with E-state index in [0.29, 0.717) is 18.6 Å². The molecule has 1 aromatic carbocycles. The maximum absolute atomic E-state index is 11.6. The molecule has 1 rings (SSSR count). The van der Waals surface area contributed by atoms with E-state index in [0.717, 1.165) is 5.56 Å². The number of rotatable bonds is 8. The summed E-state index contributed by atoms with van der Waals surface area (Å²) in [5.41, 5.74) is 0.816. The third kappa shape index (κ3) is 6.88. The third-order valence-corrected chi connectivity index (χ3v) is 2.82. The first kappa shape index (κ1) is 17.7. The van der Waals surface area contributed by atoms with Crippen molar-refractivity contribution >= 4 is 17.8 Å². The molecule has 0 aliphatic heterocycles. The largest absolute Gasteiger partial charge is 0.461 e. The zero-order chi connectivity index (χ0) is 16.4. The van der Waals surface area contributed by atoms with Crippen molar-refractivity contribution in [1.29, 1.82) is 0 Å². The molecule has 0 atom stereocenters. The normalized spacial score (nSPS) is 9.91. The van der Waals surface area contributed by atoms with E-state index in [1.165, 1.54) is 0 Å². The number of carbonyl (C=O) groups is 3. The van der Waals surface area contributed by atoms with E-state index >= 15 is 0 Å². The van der Waals surface area contributed by atoms with E-state index < -0.39 is 5.97 Å². The standard InChI is InChI=1S/C16H21NO5/c1-3-14(18)17-10-9-16(20)22-13-7-5-12(6-8-13)11-21-15(19)4-2/h5-8H,3-4,9-11H2,1-2H3,(H,17,18). The highest BCUT2D eigenvalue weighted by atomic mass is 16.5. The summed E-state index contributed by atoms with van der Waals surface area (Å²) in [6, 6.07) is 6.73. The summed E-state index contributed by atoms with van der Waals surface area (Å²) in [5, 5.41) is 2.60. The summed E-state index contributed by atoms with van der Waals surface area (Å²) in [7, 11) is 0. The molecule has 1 amide bonds. The highest BCUT2D eigenvalue weighted by Crippen LogP contribution is 2.13. The van der Waals surface area contributed by atoms with Crippen LogP contribution in [0.25, 0.3) is 0 Å². The number of hydrogen-bond donors (Lipinski definition) is 1. The molecule has 6 nitrogen and oxygen atoms in total. The van der Waals surface area contributed by atoms with Crippen LogP contribution in [0.15, 0.2) is 24.3 Å². The molecule has 0 unspecified atom stereocenters. The fourth-order valence-corrected chi connectivity index (χ4v) is 1.53. The van der Waals surface area contributed by atoms with Crippen molar-refractivity contribution in [3.05, 3.63) is 29.8 Å². The third-order valence-electron chi connectivity index (χ3n) is 2.82. The summed E-state index contributed by atoms with van der Waals surface area (Å²) in [6.07, 6.45) is 0.838. The molecule has 0 heterocycles. The molecular weight excluding hydrogens is 286 g/mol. The number of carbonyl (C=O) groups excluding carboxylic acids is 3. The Balaban J connectivity index is 2.35. The van der Waals surface area contributed by atoms with Crippen LogP contribution in [0.1, 0.15) is 38.7 Å². The number of ether oxygens (including phenoxy) is 2. The molecule has 0 saturated carbocycles. The van der Waals surface area contributed by atoms with Gasteiger partial charge in [-0.2, -0.15) is 0 Å². The van der Waals surface area contributed by atoms with Gasteiger partial charge < -0.3 is 14.8 Å².